The Kier molecular flexibility index (Phi) is 12.2. The zero-order valence-corrected chi connectivity index (χ0v) is 27.6. The van der Waals surface area contributed by atoms with Gasteiger partial charge in [0.15, 0.2) is 5.82 Å². The van der Waals surface area contributed by atoms with Gasteiger partial charge in [-0.25, -0.2) is 14.8 Å². The predicted octanol–water partition coefficient (Wildman–Crippen LogP) is 4.84. The molecule has 1 saturated carbocycles. The van der Waals surface area contributed by atoms with Crippen LogP contribution in [0, 0.1) is 0 Å². The molecule has 0 spiro atoms. The summed E-state index contributed by atoms with van der Waals surface area (Å²) in [5.74, 6) is -0.212. The van der Waals surface area contributed by atoms with Crippen LogP contribution in [0.25, 0.3) is 11.4 Å². The van der Waals surface area contributed by atoms with Gasteiger partial charge in [0.1, 0.15) is 17.3 Å². The molecule has 1 aliphatic carbocycles. The molecule has 2 aliphatic rings. The Hall–Kier alpha value is -3.67. The first kappa shape index (κ1) is 34.2. The normalized spacial score (nSPS) is 16.3. The minimum atomic E-state index is -0.995. The minimum Gasteiger partial charge on any atom is -0.460 e. The van der Waals surface area contributed by atoms with E-state index in [1.807, 2.05) is 42.1 Å². The fraction of sp³-hybridized carbons (Fsp3) is 0.576. The number of hydrogen-bond acceptors (Lipinski definition) is 9. The van der Waals surface area contributed by atoms with Crippen LogP contribution in [0.4, 0.5) is 4.79 Å². The highest BCUT2D eigenvalue weighted by molar-refractivity contribution is 7.99. The van der Waals surface area contributed by atoms with E-state index in [0.717, 1.165) is 11.3 Å². The van der Waals surface area contributed by atoms with Crippen LogP contribution >= 0.6 is 11.8 Å². The third-order valence-electron chi connectivity index (χ3n) is 7.59. The number of rotatable bonds is 11. The largest absolute Gasteiger partial charge is 0.460 e. The van der Waals surface area contributed by atoms with Crippen molar-refractivity contribution in [1.29, 1.82) is 0 Å². The molecule has 1 saturated heterocycles. The van der Waals surface area contributed by atoms with Crippen molar-refractivity contribution < 1.29 is 28.7 Å². The van der Waals surface area contributed by atoms with Gasteiger partial charge in [-0.05, 0) is 53.0 Å². The Morgan fingerprint density at radius 2 is 1.67 bits per heavy atom. The molecule has 3 amide bonds. The number of esters is 1. The van der Waals surface area contributed by atoms with E-state index in [9.17, 15) is 19.2 Å². The molecule has 1 aromatic carbocycles. The van der Waals surface area contributed by atoms with Crippen molar-refractivity contribution in [1.82, 2.24) is 25.1 Å². The molecule has 1 aromatic heterocycles. The average molecular weight is 640 g/mol. The van der Waals surface area contributed by atoms with E-state index in [4.69, 9.17) is 14.5 Å². The number of carbonyl (C=O) groups excluding carboxylic acids is 4. The van der Waals surface area contributed by atoms with Crippen LogP contribution in [0.15, 0.2) is 36.4 Å². The highest BCUT2D eigenvalue weighted by atomic mass is 32.2. The van der Waals surface area contributed by atoms with Crippen molar-refractivity contribution in [2.24, 2.45) is 0 Å². The zero-order chi connectivity index (χ0) is 32.4. The lowest BCUT2D eigenvalue weighted by atomic mass is 10.1. The molecular formula is C33H45N5O6S. The number of thioether (sulfide) groups is 1. The quantitative estimate of drug-likeness (QED) is 0.343. The summed E-state index contributed by atoms with van der Waals surface area (Å²) in [6.07, 6.45) is 4.42. The number of nitrogens with one attached hydrogen (secondary N) is 1. The lowest BCUT2D eigenvalue weighted by molar-refractivity contribution is -0.155. The predicted molar refractivity (Wildman–Crippen MR) is 173 cm³/mol. The van der Waals surface area contributed by atoms with Crippen molar-refractivity contribution in [3.8, 4) is 11.4 Å². The Balaban J connectivity index is 1.53. The molecule has 4 rings (SSSR count). The molecule has 11 nitrogen and oxygen atoms in total. The van der Waals surface area contributed by atoms with E-state index in [2.05, 4.69) is 10.3 Å². The van der Waals surface area contributed by atoms with E-state index in [1.54, 1.807) is 43.6 Å². The second kappa shape index (κ2) is 16.1. The van der Waals surface area contributed by atoms with Gasteiger partial charge in [-0.1, -0.05) is 43.2 Å². The third-order valence-corrected chi connectivity index (χ3v) is 9.00. The molecule has 1 aliphatic heterocycles. The van der Waals surface area contributed by atoms with E-state index in [1.165, 1.54) is 25.7 Å². The van der Waals surface area contributed by atoms with Crippen molar-refractivity contribution in [2.75, 3.05) is 32.8 Å². The standard InChI is InChI=1S/C33H45N5O6S/c1-5-43-32(42)38-19-17-37(18-20-38)31(41)26(15-16-28(39)44-33(2,3)4)36-30(40)27-21-24(22-45-25-13-9-10-14-25)34-29(35-27)23-11-7-6-8-12-23/h6-8,11-12,21,25-26H,5,9-10,13-20,22H2,1-4H3,(H,36,40)/t26-/m0/s1. The summed E-state index contributed by atoms with van der Waals surface area (Å²) in [7, 11) is 0. The summed E-state index contributed by atoms with van der Waals surface area (Å²) in [6, 6.07) is 10.2. The van der Waals surface area contributed by atoms with Crippen LogP contribution in [0.5, 0.6) is 0 Å². The second-order valence-corrected chi connectivity index (χ2v) is 13.6. The number of ether oxygens (including phenoxy) is 2. The van der Waals surface area contributed by atoms with Crippen LogP contribution in [0.2, 0.25) is 0 Å². The first-order chi connectivity index (χ1) is 21.5. The second-order valence-electron chi connectivity index (χ2n) is 12.3. The maximum absolute atomic E-state index is 13.8. The molecule has 1 N–H and O–H groups in total. The van der Waals surface area contributed by atoms with Gasteiger partial charge in [0.05, 0.1) is 12.3 Å². The van der Waals surface area contributed by atoms with Crippen LogP contribution < -0.4 is 5.32 Å². The number of piperazine rings is 1. The number of amides is 3. The van der Waals surface area contributed by atoms with Crippen LogP contribution in [0.1, 0.15) is 82.4 Å². The number of nitrogens with zero attached hydrogens (tertiary/aromatic N) is 4. The van der Waals surface area contributed by atoms with Gasteiger partial charge in [0.25, 0.3) is 5.91 Å². The summed E-state index contributed by atoms with van der Waals surface area (Å²) >= 11 is 1.85. The van der Waals surface area contributed by atoms with Crippen LogP contribution in [-0.2, 0) is 24.8 Å². The van der Waals surface area contributed by atoms with Crippen molar-refractivity contribution >= 4 is 35.6 Å². The van der Waals surface area contributed by atoms with Crippen molar-refractivity contribution in [3.05, 3.63) is 47.8 Å². The van der Waals surface area contributed by atoms with Crippen LogP contribution in [-0.4, -0.2) is 93.3 Å². The molecule has 0 radical (unpaired) electrons. The highest BCUT2D eigenvalue weighted by Gasteiger charge is 2.32. The summed E-state index contributed by atoms with van der Waals surface area (Å²) in [5, 5.41) is 3.45. The van der Waals surface area contributed by atoms with E-state index in [-0.39, 0.29) is 44.1 Å². The number of aromatic nitrogens is 2. The molecule has 0 bridgehead atoms. The molecule has 2 heterocycles. The van der Waals surface area contributed by atoms with Gasteiger partial charge in [0, 0.05) is 49.2 Å². The van der Waals surface area contributed by atoms with Gasteiger partial charge in [-0.2, -0.15) is 11.8 Å². The van der Waals surface area contributed by atoms with Crippen molar-refractivity contribution in [2.45, 2.75) is 88.9 Å². The number of benzene rings is 1. The molecule has 45 heavy (non-hydrogen) atoms. The van der Waals surface area contributed by atoms with Crippen molar-refractivity contribution in [3.63, 3.8) is 0 Å². The molecule has 244 valence electrons. The van der Waals surface area contributed by atoms with Gasteiger partial charge in [-0.15, -0.1) is 0 Å². The fourth-order valence-electron chi connectivity index (χ4n) is 5.35. The van der Waals surface area contributed by atoms with E-state index in [0.29, 0.717) is 29.9 Å². The molecular weight excluding hydrogens is 594 g/mol. The molecule has 2 aromatic rings. The fourth-order valence-corrected chi connectivity index (χ4v) is 6.57. The topological polar surface area (TPSA) is 131 Å². The summed E-state index contributed by atoms with van der Waals surface area (Å²) < 4.78 is 10.5. The van der Waals surface area contributed by atoms with E-state index >= 15 is 0 Å². The summed E-state index contributed by atoms with van der Waals surface area (Å²) in [4.78, 5) is 64.8. The smallest absolute Gasteiger partial charge is 0.409 e. The van der Waals surface area contributed by atoms with Gasteiger partial charge < -0.3 is 24.6 Å². The van der Waals surface area contributed by atoms with Crippen LogP contribution in [0.3, 0.4) is 0 Å². The van der Waals surface area contributed by atoms with Gasteiger partial charge in [0.2, 0.25) is 5.91 Å². The maximum Gasteiger partial charge on any atom is 0.409 e. The third kappa shape index (κ3) is 10.4. The van der Waals surface area contributed by atoms with Gasteiger partial charge in [-0.3, -0.25) is 14.4 Å². The first-order valence-corrected chi connectivity index (χ1v) is 16.9. The molecule has 12 heteroatoms. The Morgan fingerprint density at radius 1 is 1.00 bits per heavy atom. The lowest BCUT2D eigenvalue weighted by Crippen LogP contribution is -2.56. The zero-order valence-electron chi connectivity index (χ0n) is 26.8. The maximum atomic E-state index is 13.8. The molecule has 1 atom stereocenters. The Labute approximate surface area is 269 Å². The monoisotopic (exact) mass is 639 g/mol. The van der Waals surface area contributed by atoms with E-state index < -0.39 is 29.6 Å². The number of carbonyl (C=O) groups is 4. The average Bonchev–Trinajstić information content (AvgIpc) is 3.55. The lowest BCUT2D eigenvalue weighted by Gasteiger charge is -2.36. The first-order valence-electron chi connectivity index (χ1n) is 15.8. The Morgan fingerprint density at radius 3 is 2.31 bits per heavy atom. The number of hydrogen-bond donors (Lipinski definition) is 1. The summed E-state index contributed by atoms with van der Waals surface area (Å²) in [6.45, 7) is 8.54. The molecule has 0 unspecified atom stereocenters. The highest BCUT2D eigenvalue weighted by Crippen LogP contribution is 2.31. The Bertz CT molecular complexity index is 1320. The SMILES string of the molecule is CCOC(=O)N1CCN(C(=O)[C@H](CCC(=O)OC(C)(C)C)NC(=O)c2cc(CSC3CCCC3)nc(-c3ccccc3)n2)CC1. The summed E-state index contributed by atoms with van der Waals surface area (Å²) in [5.41, 5.74) is 1.02. The minimum absolute atomic E-state index is 0.0542. The molecule has 2 fully saturated rings. The van der Waals surface area contributed by atoms with Gasteiger partial charge >= 0.3 is 12.1 Å².